The van der Waals surface area contributed by atoms with Gasteiger partial charge in [0.1, 0.15) is 4.64 Å². The van der Waals surface area contributed by atoms with E-state index in [4.69, 9.17) is 12.2 Å². The van der Waals surface area contributed by atoms with E-state index in [2.05, 4.69) is 15.1 Å². The number of aromatic amines is 1. The molecule has 1 fully saturated rings. The van der Waals surface area contributed by atoms with Crippen LogP contribution in [0.1, 0.15) is 24.5 Å². The first kappa shape index (κ1) is 8.79. The summed E-state index contributed by atoms with van der Waals surface area (Å²) in [6.45, 7) is 0. The van der Waals surface area contributed by atoms with Gasteiger partial charge in [0.05, 0.1) is 0 Å². The standard InChI is InChI=1S/C10H10N4S/c15-9-6-8(7-2-3-7)13-14(9)10-11-4-1-5-12-10/h1,4-7,13H,2-3H2. The van der Waals surface area contributed by atoms with Crippen LogP contribution in [0.5, 0.6) is 0 Å². The summed E-state index contributed by atoms with van der Waals surface area (Å²) in [4.78, 5) is 8.31. The number of nitrogens with one attached hydrogen (secondary N) is 1. The van der Waals surface area contributed by atoms with Crippen LogP contribution in [-0.2, 0) is 0 Å². The predicted molar refractivity (Wildman–Crippen MR) is 58.5 cm³/mol. The molecule has 1 aliphatic carbocycles. The van der Waals surface area contributed by atoms with E-state index < -0.39 is 0 Å². The van der Waals surface area contributed by atoms with E-state index in [-0.39, 0.29) is 0 Å². The molecule has 1 aliphatic rings. The first-order valence-corrected chi connectivity index (χ1v) is 5.35. The molecule has 2 aromatic heterocycles. The second-order valence-electron chi connectivity index (χ2n) is 3.71. The molecule has 0 atom stereocenters. The molecule has 4 nitrogen and oxygen atoms in total. The highest BCUT2D eigenvalue weighted by atomic mass is 32.1. The minimum absolute atomic E-state index is 0.606. The molecule has 76 valence electrons. The van der Waals surface area contributed by atoms with Gasteiger partial charge in [-0.05, 0) is 25.0 Å². The van der Waals surface area contributed by atoms with Crippen LogP contribution in [0.4, 0.5) is 0 Å². The number of rotatable bonds is 2. The van der Waals surface area contributed by atoms with Gasteiger partial charge in [-0.25, -0.2) is 14.6 Å². The molecule has 0 saturated heterocycles. The summed E-state index contributed by atoms with van der Waals surface area (Å²) in [7, 11) is 0. The normalized spacial score (nSPS) is 15.5. The lowest BCUT2D eigenvalue weighted by atomic mass is 10.3. The quantitative estimate of drug-likeness (QED) is 0.786. The Balaban J connectivity index is 2.08. The minimum atomic E-state index is 0.606. The van der Waals surface area contributed by atoms with Gasteiger partial charge < -0.3 is 0 Å². The lowest BCUT2D eigenvalue weighted by molar-refractivity contribution is 0.775. The minimum Gasteiger partial charge on any atom is -0.294 e. The molecule has 0 unspecified atom stereocenters. The Morgan fingerprint density at radius 2 is 2.07 bits per heavy atom. The summed E-state index contributed by atoms with van der Waals surface area (Å²) in [6, 6.07) is 3.79. The molecule has 0 amide bonds. The third-order valence-corrected chi connectivity index (χ3v) is 2.81. The fourth-order valence-electron chi connectivity index (χ4n) is 1.57. The van der Waals surface area contributed by atoms with Crippen LogP contribution in [0.15, 0.2) is 24.5 Å². The van der Waals surface area contributed by atoms with Crippen LogP contribution in [-0.4, -0.2) is 19.7 Å². The summed E-state index contributed by atoms with van der Waals surface area (Å²) in [5.41, 5.74) is 1.20. The average Bonchev–Trinajstić information content (AvgIpc) is 3.04. The van der Waals surface area contributed by atoms with Crippen molar-refractivity contribution >= 4 is 12.2 Å². The highest BCUT2D eigenvalue weighted by Gasteiger charge is 2.25. The Kier molecular flexibility index (Phi) is 1.92. The van der Waals surface area contributed by atoms with Crippen molar-refractivity contribution in [1.29, 1.82) is 0 Å². The van der Waals surface area contributed by atoms with Crippen LogP contribution >= 0.6 is 12.2 Å². The Morgan fingerprint density at radius 1 is 1.33 bits per heavy atom. The second kappa shape index (κ2) is 3.27. The van der Waals surface area contributed by atoms with Crippen molar-refractivity contribution in [2.75, 3.05) is 0 Å². The zero-order valence-corrected chi connectivity index (χ0v) is 8.87. The van der Waals surface area contributed by atoms with Crippen molar-refractivity contribution in [2.45, 2.75) is 18.8 Å². The highest BCUT2D eigenvalue weighted by molar-refractivity contribution is 7.71. The van der Waals surface area contributed by atoms with Gasteiger partial charge >= 0.3 is 0 Å². The molecule has 3 rings (SSSR count). The van der Waals surface area contributed by atoms with Gasteiger partial charge in [0.15, 0.2) is 0 Å². The van der Waals surface area contributed by atoms with E-state index in [9.17, 15) is 0 Å². The van der Waals surface area contributed by atoms with E-state index in [1.165, 1.54) is 18.5 Å². The number of aromatic nitrogens is 4. The molecule has 0 bridgehead atoms. The zero-order valence-electron chi connectivity index (χ0n) is 8.05. The van der Waals surface area contributed by atoms with Crippen molar-refractivity contribution in [3.05, 3.63) is 34.9 Å². The maximum absolute atomic E-state index is 5.25. The maximum Gasteiger partial charge on any atom is 0.249 e. The third-order valence-electron chi connectivity index (χ3n) is 2.51. The fourth-order valence-corrected chi connectivity index (χ4v) is 1.83. The summed E-state index contributed by atoms with van der Waals surface area (Å²) >= 11 is 5.25. The summed E-state index contributed by atoms with van der Waals surface area (Å²) in [6.07, 6.45) is 5.93. The van der Waals surface area contributed by atoms with Crippen molar-refractivity contribution in [1.82, 2.24) is 19.7 Å². The van der Waals surface area contributed by atoms with Crippen molar-refractivity contribution < 1.29 is 0 Å². The lowest BCUT2D eigenvalue weighted by Crippen LogP contribution is -2.02. The topological polar surface area (TPSA) is 46.5 Å². The van der Waals surface area contributed by atoms with Crippen LogP contribution in [0.2, 0.25) is 0 Å². The van der Waals surface area contributed by atoms with Gasteiger partial charge in [0, 0.05) is 24.0 Å². The van der Waals surface area contributed by atoms with Gasteiger partial charge in [-0.2, -0.15) is 0 Å². The SMILES string of the molecule is S=c1cc(C2CC2)[nH]n1-c1ncccn1. The monoisotopic (exact) mass is 218 g/mol. The molecule has 0 radical (unpaired) electrons. The van der Waals surface area contributed by atoms with Crippen molar-refractivity contribution in [2.24, 2.45) is 0 Å². The van der Waals surface area contributed by atoms with E-state index >= 15 is 0 Å². The predicted octanol–water partition coefficient (Wildman–Crippen LogP) is 2.20. The molecular formula is C10H10N4S. The van der Waals surface area contributed by atoms with Gasteiger partial charge in [-0.3, -0.25) is 5.10 Å². The summed E-state index contributed by atoms with van der Waals surface area (Å²) < 4.78 is 2.49. The maximum atomic E-state index is 5.25. The summed E-state index contributed by atoms with van der Waals surface area (Å²) in [5.74, 6) is 1.27. The van der Waals surface area contributed by atoms with Crippen LogP contribution < -0.4 is 0 Å². The van der Waals surface area contributed by atoms with Crippen molar-refractivity contribution in [3.8, 4) is 5.95 Å². The smallest absolute Gasteiger partial charge is 0.249 e. The first-order valence-electron chi connectivity index (χ1n) is 4.94. The number of nitrogens with zero attached hydrogens (tertiary/aromatic N) is 3. The Bertz CT molecular complexity index is 524. The largest absolute Gasteiger partial charge is 0.294 e. The molecule has 0 aliphatic heterocycles. The third kappa shape index (κ3) is 1.59. The Labute approximate surface area is 92.0 Å². The molecule has 2 aromatic rings. The van der Waals surface area contributed by atoms with Crippen molar-refractivity contribution in [3.63, 3.8) is 0 Å². The molecular weight excluding hydrogens is 208 g/mol. The second-order valence-corrected chi connectivity index (χ2v) is 4.13. The number of hydrogen-bond acceptors (Lipinski definition) is 3. The zero-order chi connectivity index (χ0) is 10.3. The van der Waals surface area contributed by atoms with E-state index in [1.54, 1.807) is 23.1 Å². The molecule has 1 N–H and O–H groups in total. The molecule has 0 spiro atoms. The molecule has 2 heterocycles. The average molecular weight is 218 g/mol. The molecule has 5 heteroatoms. The van der Waals surface area contributed by atoms with Gasteiger partial charge in [-0.15, -0.1) is 0 Å². The lowest BCUT2D eigenvalue weighted by Gasteiger charge is -1.99. The van der Waals surface area contributed by atoms with Crippen LogP contribution in [0, 0.1) is 4.64 Å². The number of hydrogen-bond donors (Lipinski definition) is 1. The molecule has 0 aromatic carbocycles. The summed E-state index contributed by atoms with van der Waals surface area (Å²) in [5, 5.41) is 3.25. The van der Waals surface area contributed by atoms with E-state index in [0.717, 1.165) is 4.64 Å². The molecule has 1 saturated carbocycles. The number of H-pyrrole nitrogens is 1. The molecule has 15 heavy (non-hydrogen) atoms. The van der Waals surface area contributed by atoms with E-state index in [1.807, 2.05) is 6.07 Å². The first-order chi connectivity index (χ1) is 7.34. The fraction of sp³-hybridized carbons (Fsp3) is 0.300. The Morgan fingerprint density at radius 3 is 2.73 bits per heavy atom. The van der Waals surface area contributed by atoms with Crippen LogP contribution in [0.25, 0.3) is 5.95 Å². The van der Waals surface area contributed by atoms with Gasteiger partial charge in [0.2, 0.25) is 5.95 Å². The van der Waals surface area contributed by atoms with Crippen LogP contribution in [0.3, 0.4) is 0 Å². The van der Waals surface area contributed by atoms with Gasteiger partial charge in [0.25, 0.3) is 0 Å². The van der Waals surface area contributed by atoms with E-state index in [0.29, 0.717) is 11.9 Å². The van der Waals surface area contributed by atoms with Gasteiger partial charge in [-0.1, -0.05) is 12.2 Å². The Hall–Kier alpha value is -1.49. The highest BCUT2D eigenvalue weighted by Crippen LogP contribution is 2.39.